The van der Waals surface area contributed by atoms with Crippen LogP contribution in [0.25, 0.3) is 11.0 Å². The van der Waals surface area contributed by atoms with Crippen LogP contribution in [-0.2, 0) is 0 Å². The lowest BCUT2D eigenvalue weighted by atomic mass is 10.3. The standard InChI is InChI=1S/C16H18N6/c1-11-9-13-14(18-11)20-16(22-7-2-3-8-22)21-15(13)19-12-5-4-6-17-10-12/h4-6,9-10H,2-3,7-8H2,1H3,(H2,18,19,20,21). The van der Waals surface area contributed by atoms with Gasteiger partial charge in [0.15, 0.2) is 0 Å². The van der Waals surface area contributed by atoms with Crippen LogP contribution < -0.4 is 10.2 Å². The highest BCUT2D eigenvalue weighted by Gasteiger charge is 2.18. The van der Waals surface area contributed by atoms with Gasteiger partial charge in [0.1, 0.15) is 11.5 Å². The predicted molar refractivity (Wildman–Crippen MR) is 87.6 cm³/mol. The number of anilines is 3. The van der Waals surface area contributed by atoms with Crippen LogP contribution in [0.1, 0.15) is 18.5 Å². The number of nitrogens with zero attached hydrogens (tertiary/aromatic N) is 4. The van der Waals surface area contributed by atoms with E-state index in [0.29, 0.717) is 0 Å². The molecule has 2 N–H and O–H groups in total. The highest BCUT2D eigenvalue weighted by atomic mass is 15.3. The van der Waals surface area contributed by atoms with Crippen molar-refractivity contribution in [1.29, 1.82) is 0 Å². The predicted octanol–water partition coefficient (Wildman–Crippen LogP) is 3.01. The Labute approximate surface area is 128 Å². The molecule has 1 aliphatic rings. The molecule has 0 unspecified atom stereocenters. The van der Waals surface area contributed by atoms with Crippen LogP contribution in [0.5, 0.6) is 0 Å². The van der Waals surface area contributed by atoms with Crippen molar-refractivity contribution in [2.75, 3.05) is 23.3 Å². The topological polar surface area (TPSA) is 69.7 Å². The molecule has 112 valence electrons. The number of aryl methyl sites for hydroxylation is 1. The largest absolute Gasteiger partial charge is 0.343 e. The Bertz CT molecular complexity index is 789. The monoisotopic (exact) mass is 294 g/mol. The molecule has 4 heterocycles. The maximum Gasteiger partial charge on any atom is 0.229 e. The Balaban J connectivity index is 1.80. The lowest BCUT2D eigenvalue weighted by Crippen LogP contribution is -2.20. The second-order valence-corrected chi connectivity index (χ2v) is 5.65. The smallest absolute Gasteiger partial charge is 0.229 e. The highest BCUT2D eigenvalue weighted by molar-refractivity contribution is 5.90. The van der Waals surface area contributed by atoms with Crippen molar-refractivity contribution in [1.82, 2.24) is 19.9 Å². The van der Waals surface area contributed by atoms with Gasteiger partial charge in [-0.1, -0.05) is 0 Å². The fraction of sp³-hybridized carbons (Fsp3) is 0.312. The average Bonchev–Trinajstić information content (AvgIpc) is 3.16. The van der Waals surface area contributed by atoms with Crippen molar-refractivity contribution in [3.05, 3.63) is 36.3 Å². The van der Waals surface area contributed by atoms with E-state index in [2.05, 4.69) is 31.2 Å². The minimum Gasteiger partial charge on any atom is -0.343 e. The lowest BCUT2D eigenvalue weighted by molar-refractivity contribution is 0.906. The van der Waals surface area contributed by atoms with E-state index in [0.717, 1.165) is 47.3 Å². The fourth-order valence-electron chi connectivity index (χ4n) is 2.86. The fourth-order valence-corrected chi connectivity index (χ4v) is 2.86. The molecule has 0 radical (unpaired) electrons. The Kier molecular flexibility index (Phi) is 3.14. The van der Waals surface area contributed by atoms with E-state index in [1.54, 1.807) is 12.4 Å². The summed E-state index contributed by atoms with van der Waals surface area (Å²) in [6.07, 6.45) is 5.97. The van der Waals surface area contributed by atoms with E-state index in [4.69, 9.17) is 4.98 Å². The van der Waals surface area contributed by atoms with Crippen molar-refractivity contribution in [3.8, 4) is 0 Å². The summed E-state index contributed by atoms with van der Waals surface area (Å²) in [5, 5.41) is 4.37. The lowest BCUT2D eigenvalue weighted by Gasteiger charge is -2.16. The molecular weight excluding hydrogens is 276 g/mol. The van der Waals surface area contributed by atoms with Gasteiger partial charge in [-0.25, -0.2) is 0 Å². The van der Waals surface area contributed by atoms with Crippen molar-refractivity contribution in [2.45, 2.75) is 19.8 Å². The quantitative estimate of drug-likeness (QED) is 0.777. The molecule has 0 bridgehead atoms. The van der Waals surface area contributed by atoms with Crippen molar-refractivity contribution in [2.24, 2.45) is 0 Å². The molecule has 3 aromatic heterocycles. The number of pyridine rings is 1. The second-order valence-electron chi connectivity index (χ2n) is 5.65. The first-order chi connectivity index (χ1) is 10.8. The molecule has 0 spiro atoms. The molecule has 0 amide bonds. The van der Waals surface area contributed by atoms with Gasteiger partial charge in [0.05, 0.1) is 17.3 Å². The zero-order chi connectivity index (χ0) is 14.9. The summed E-state index contributed by atoms with van der Waals surface area (Å²) in [6.45, 7) is 4.08. The number of nitrogens with one attached hydrogen (secondary N) is 2. The second kappa shape index (κ2) is 5.29. The first kappa shape index (κ1) is 13.1. The zero-order valence-corrected chi connectivity index (χ0v) is 12.5. The SMILES string of the molecule is Cc1cc2c(Nc3cccnc3)nc(N3CCCC3)nc2[nH]1. The molecule has 1 aliphatic heterocycles. The normalized spacial score (nSPS) is 14.7. The van der Waals surface area contributed by atoms with E-state index >= 15 is 0 Å². The summed E-state index contributed by atoms with van der Waals surface area (Å²) in [5.74, 6) is 1.61. The Hall–Kier alpha value is -2.63. The van der Waals surface area contributed by atoms with Gasteiger partial charge in [0.2, 0.25) is 5.95 Å². The highest BCUT2D eigenvalue weighted by Crippen LogP contribution is 2.27. The van der Waals surface area contributed by atoms with E-state index in [9.17, 15) is 0 Å². The summed E-state index contributed by atoms with van der Waals surface area (Å²) >= 11 is 0. The van der Waals surface area contributed by atoms with E-state index in [1.165, 1.54) is 12.8 Å². The average molecular weight is 294 g/mol. The summed E-state index contributed by atoms with van der Waals surface area (Å²) in [7, 11) is 0. The minimum absolute atomic E-state index is 0.790. The summed E-state index contributed by atoms with van der Waals surface area (Å²) < 4.78 is 0. The van der Waals surface area contributed by atoms with Gasteiger partial charge in [0, 0.05) is 25.0 Å². The minimum atomic E-state index is 0.790. The number of aromatic nitrogens is 4. The van der Waals surface area contributed by atoms with Crippen LogP contribution in [0.3, 0.4) is 0 Å². The molecule has 0 saturated carbocycles. The van der Waals surface area contributed by atoms with E-state index in [1.807, 2.05) is 19.1 Å². The van der Waals surface area contributed by atoms with Crippen LogP contribution >= 0.6 is 0 Å². The van der Waals surface area contributed by atoms with Crippen LogP contribution in [0.2, 0.25) is 0 Å². The third-order valence-electron chi connectivity index (χ3n) is 3.92. The number of aromatic amines is 1. The number of hydrogen-bond donors (Lipinski definition) is 2. The molecule has 6 heteroatoms. The van der Waals surface area contributed by atoms with Gasteiger partial charge in [0.25, 0.3) is 0 Å². The van der Waals surface area contributed by atoms with Crippen LogP contribution in [-0.4, -0.2) is 33.0 Å². The van der Waals surface area contributed by atoms with Crippen molar-refractivity contribution >= 4 is 28.5 Å². The molecule has 6 nitrogen and oxygen atoms in total. The molecule has 22 heavy (non-hydrogen) atoms. The number of fused-ring (bicyclic) bond motifs is 1. The molecule has 4 rings (SSSR count). The van der Waals surface area contributed by atoms with Crippen LogP contribution in [0.4, 0.5) is 17.5 Å². The number of hydrogen-bond acceptors (Lipinski definition) is 5. The zero-order valence-electron chi connectivity index (χ0n) is 12.5. The maximum atomic E-state index is 4.75. The molecule has 0 atom stereocenters. The summed E-state index contributed by atoms with van der Waals surface area (Å²) in [4.78, 5) is 19.1. The molecule has 1 saturated heterocycles. The number of H-pyrrole nitrogens is 1. The molecular formula is C16H18N6. The Morgan fingerprint density at radius 1 is 1.23 bits per heavy atom. The Morgan fingerprint density at radius 2 is 2.09 bits per heavy atom. The van der Waals surface area contributed by atoms with Gasteiger partial charge in [-0.3, -0.25) is 4.98 Å². The van der Waals surface area contributed by atoms with Gasteiger partial charge in [-0.2, -0.15) is 9.97 Å². The Morgan fingerprint density at radius 3 is 2.86 bits per heavy atom. The van der Waals surface area contributed by atoms with Gasteiger partial charge in [-0.15, -0.1) is 0 Å². The van der Waals surface area contributed by atoms with Gasteiger partial charge in [-0.05, 0) is 38.0 Å². The van der Waals surface area contributed by atoms with E-state index < -0.39 is 0 Å². The van der Waals surface area contributed by atoms with Crippen molar-refractivity contribution < 1.29 is 0 Å². The third-order valence-corrected chi connectivity index (χ3v) is 3.92. The van der Waals surface area contributed by atoms with Crippen LogP contribution in [0.15, 0.2) is 30.6 Å². The number of rotatable bonds is 3. The van der Waals surface area contributed by atoms with Gasteiger partial charge >= 0.3 is 0 Å². The van der Waals surface area contributed by atoms with Crippen LogP contribution in [0, 0.1) is 6.92 Å². The third kappa shape index (κ3) is 2.36. The first-order valence-corrected chi connectivity index (χ1v) is 7.59. The molecule has 0 aliphatic carbocycles. The maximum absolute atomic E-state index is 4.75. The van der Waals surface area contributed by atoms with Crippen molar-refractivity contribution in [3.63, 3.8) is 0 Å². The summed E-state index contributed by atoms with van der Waals surface area (Å²) in [5.41, 5.74) is 2.88. The first-order valence-electron chi connectivity index (χ1n) is 7.59. The molecule has 1 fully saturated rings. The van der Waals surface area contributed by atoms with Gasteiger partial charge < -0.3 is 15.2 Å². The van der Waals surface area contributed by atoms with E-state index in [-0.39, 0.29) is 0 Å². The molecule has 0 aromatic carbocycles. The molecule has 3 aromatic rings. The summed E-state index contributed by atoms with van der Waals surface area (Å²) in [6, 6.07) is 5.96.